The van der Waals surface area contributed by atoms with Gasteiger partial charge in [0, 0.05) is 25.0 Å². The second-order valence-corrected chi connectivity index (χ2v) is 8.68. The first kappa shape index (κ1) is 18.6. The number of halogens is 3. The lowest BCUT2D eigenvalue weighted by molar-refractivity contribution is 0.220. The van der Waals surface area contributed by atoms with Crippen LogP contribution in [0.3, 0.4) is 0 Å². The maximum atomic E-state index is 12.3. The molecule has 2 saturated heterocycles. The van der Waals surface area contributed by atoms with Crippen molar-refractivity contribution in [3.05, 3.63) is 28.2 Å². The number of nitrogens with zero attached hydrogens (tertiary/aromatic N) is 1. The lowest BCUT2D eigenvalue weighted by atomic mass is 10.0. The van der Waals surface area contributed by atoms with E-state index in [1.807, 2.05) is 0 Å². The van der Waals surface area contributed by atoms with Gasteiger partial charge in [0.1, 0.15) is 0 Å². The standard InChI is InChI=1S/C13H15Cl2N3O3S.ClH/c14-8-2-1-3-10(12(8)15)17-13(19)18-4-7-9(16)6-22(20,21)11(7)5-18;/h1-3,7,9,11H,4-6,16H2,(H,17,19);1H/t7-,9+,11-;/m0./s1. The summed E-state index contributed by atoms with van der Waals surface area (Å²) >= 11 is 11.9. The van der Waals surface area contributed by atoms with Crippen LogP contribution in [-0.4, -0.2) is 49.5 Å². The summed E-state index contributed by atoms with van der Waals surface area (Å²) in [6.07, 6.45) is 0. The average molecular weight is 401 g/mol. The summed E-state index contributed by atoms with van der Waals surface area (Å²) in [5.41, 5.74) is 6.27. The van der Waals surface area contributed by atoms with Crippen LogP contribution in [0, 0.1) is 5.92 Å². The maximum Gasteiger partial charge on any atom is 0.321 e. The Morgan fingerprint density at radius 2 is 2.00 bits per heavy atom. The molecule has 0 radical (unpaired) electrons. The van der Waals surface area contributed by atoms with Crippen LogP contribution in [0.15, 0.2) is 18.2 Å². The van der Waals surface area contributed by atoms with E-state index < -0.39 is 27.2 Å². The molecule has 23 heavy (non-hydrogen) atoms. The fraction of sp³-hybridized carbons (Fsp3) is 0.462. The minimum Gasteiger partial charge on any atom is -0.326 e. The van der Waals surface area contributed by atoms with E-state index >= 15 is 0 Å². The first-order chi connectivity index (χ1) is 10.3. The zero-order chi connectivity index (χ0) is 16.1. The Kier molecular flexibility index (Phi) is 5.37. The van der Waals surface area contributed by atoms with Gasteiger partial charge in [-0.1, -0.05) is 29.3 Å². The molecule has 128 valence electrons. The summed E-state index contributed by atoms with van der Waals surface area (Å²) in [6, 6.07) is 4.10. The predicted molar refractivity (Wildman–Crippen MR) is 93.3 cm³/mol. The van der Waals surface area contributed by atoms with Crippen molar-refractivity contribution in [3.63, 3.8) is 0 Å². The van der Waals surface area contributed by atoms with Gasteiger partial charge in [0.05, 0.1) is 26.7 Å². The second kappa shape index (κ2) is 6.64. The number of sulfone groups is 1. The predicted octanol–water partition coefficient (Wildman–Crippen LogP) is 2.00. The lowest BCUT2D eigenvalue weighted by Crippen LogP contribution is -2.38. The van der Waals surface area contributed by atoms with Gasteiger partial charge in [0.2, 0.25) is 0 Å². The number of urea groups is 1. The molecule has 3 rings (SSSR count). The Hall–Kier alpha value is -0.730. The summed E-state index contributed by atoms with van der Waals surface area (Å²) in [4.78, 5) is 13.8. The zero-order valence-corrected chi connectivity index (χ0v) is 15.1. The lowest BCUT2D eigenvalue weighted by Gasteiger charge is -2.19. The Bertz CT molecular complexity index is 728. The minimum atomic E-state index is -3.22. The third-order valence-electron chi connectivity index (χ3n) is 4.23. The van der Waals surface area contributed by atoms with Crippen LogP contribution in [0.4, 0.5) is 10.5 Å². The van der Waals surface area contributed by atoms with E-state index in [0.29, 0.717) is 17.3 Å². The van der Waals surface area contributed by atoms with Crippen molar-refractivity contribution in [2.24, 2.45) is 11.7 Å². The topological polar surface area (TPSA) is 92.5 Å². The summed E-state index contributed by atoms with van der Waals surface area (Å²) in [5, 5.41) is 2.68. The van der Waals surface area contributed by atoms with E-state index in [1.54, 1.807) is 18.2 Å². The number of fused-ring (bicyclic) bond motifs is 1. The number of carbonyl (C=O) groups excluding carboxylic acids is 1. The summed E-state index contributed by atoms with van der Waals surface area (Å²) in [6.45, 7) is 0.486. The molecule has 3 atom stereocenters. The number of nitrogens with two attached hydrogens (primary N) is 1. The van der Waals surface area contributed by atoms with Crippen LogP contribution in [-0.2, 0) is 9.84 Å². The van der Waals surface area contributed by atoms with E-state index in [1.165, 1.54) is 4.90 Å². The number of likely N-dealkylation sites (tertiary alicyclic amines) is 1. The fourth-order valence-corrected chi connectivity index (χ4v) is 5.67. The van der Waals surface area contributed by atoms with Crippen molar-refractivity contribution >= 4 is 57.2 Å². The SMILES string of the molecule is Cl.N[C@@H]1CS(=O)(=O)[C@H]2CN(C(=O)Nc3cccc(Cl)c3Cl)C[C@@H]12. The van der Waals surface area contributed by atoms with Crippen LogP contribution in [0.5, 0.6) is 0 Å². The van der Waals surface area contributed by atoms with E-state index in [0.717, 1.165) is 0 Å². The highest BCUT2D eigenvalue weighted by Gasteiger charge is 2.51. The van der Waals surface area contributed by atoms with Gasteiger partial charge in [-0.25, -0.2) is 13.2 Å². The molecule has 0 saturated carbocycles. The molecule has 0 spiro atoms. The number of hydrogen-bond acceptors (Lipinski definition) is 4. The first-order valence-corrected chi connectivity index (χ1v) is 9.24. The largest absolute Gasteiger partial charge is 0.326 e. The van der Waals surface area contributed by atoms with Crippen LogP contribution >= 0.6 is 35.6 Å². The molecule has 0 unspecified atom stereocenters. The van der Waals surface area contributed by atoms with Gasteiger partial charge < -0.3 is 16.0 Å². The van der Waals surface area contributed by atoms with Gasteiger partial charge in [-0.05, 0) is 12.1 Å². The second-order valence-electron chi connectivity index (χ2n) is 5.63. The number of anilines is 1. The Morgan fingerprint density at radius 1 is 1.30 bits per heavy atom. The molecule has 2 amide bonds. The molecule has 3 N–H and O–H groups in total. The molecule has 0 bridgehead atoms. The van der Waals surface area contributed by atoms with Crippen molar-refractivity contribution in [2.75, 3.05) is 24.2 Å². The van der Waals surface area contributed by atoms with Crippen molar-refractivity contribution in [1.29, 1.82) is 0 Å². The quantitative estimate of drug-likeness (QED) is 0.754. The molecule has 2 aliphatic heterocycles. The van der Waals surface area contributed by atoms with Gasteiger partial charge in [-0.3, -0.25) is 0 Å². The number of rotatable bonds is 1. The maximum absolute atomic E-state index is 12.3. The molecular weight excluding hydrogens is 385 g/mol. The monoisotopic (exact) mass is 399 g/mol. The van der Waals surface area contributed by atoms with E-state index in [9.17, 15) is 13.2 Å². The van der Waals surface area contributed by atoms with E-state index in [2.05, 4.69) is 5.32 Å². The molecule has 2 aliphatic rings. The molecule has 10 heteroatoms. The number of nitrogens with one attached hydrogen (secondary N) is 1. The Balaban J connectivity index is 0.00000192. The smallest absolute Gasteiger partial charge is 0.321 e. The molecule has 1 aromatic carbocycles. The third-order valence-corrected chi connectivity index (χ3v) is 7.32. The highest BCUT2D eigenvalue weighted by Crippen LogP contribution is 2.34. The van der Waals surface area contributed by atoms with Gasteiger partial charge in [0.25, 0.3) is 0 Å². The number of benzene rings is 1. The van der Waals surface area contributed by atoms with Gasteiger partial charge in [-0.2, -0.15) is 0 Å². The summed E-state index contributed by atoms with van der Waals surface area (Å²) in [7, 11) is -3.22. The third kappa shape index (κ3) is 3.39. The number of amides is 2. The van der Waals surface area contributed by atoms with Crippen molar-refractivity contribution in [3.8, 4) is 0 Å². The fourth-order valence-electron chi connectivity index (χ4n) is 3.07. The highest BCUT2D eigenvalue weighted by molar-refractivity contribution is 7.92. The van der Waals surface area contributed by atoms with Crippen LogP contribution in [0.25, 0.3) is 0 Å². The van der Waals surface area contributed by atoms with Crippen molar-refractivity contribution < 1.29 is 13.2 Å². The molecule has 2 heterocycles. The molecule has 0 aliphatic carbocycles. The number of carbonyl (C=O) groups is 1. The average Bonchev–Trinajstić information content (AvgIpc) is 2.96. The molecule has 2 fully saturated rings. The van der Waals surface area contributed by atoms with E-state index in [-0.39, 0.29) is 35.6 Å². The van der Waals surface area contributed by atoms with Crippen LogP contribution < -0.4 is 11.1 Å². The first-order valence-electron chi connectivity index (χ1n) is 6.76. The highest BCUT2D eigenvalue weighted by atomic mass is 35.5. The Labute approximate surface area is 150 Å². The molecule has 1 aromatic rings. The van der Waals surface area contributed by atoms with Crippen molar-refractivity contribution in [2.45, 2.75) is 11.3 Å². The van der Waals surface area contributed by atoms with Gasteiger partial charge in [-0.15, -0.1) is 12.4 Å². The summed E-state index contributed by atoms with van der Waals surface area (Å²) < 4.78 is 24.0. The van der Waals surface area contributed by atoms with Crippen molar-refractivity contribution in [1.82, 2.24) is 4.90 Å². The Morgan fingerprint density at radius 3 is 2.65 bits per heavy atom. The number of hydrogen-bond donors (Lipinski definition) is 2. The molecular formula is C13H16Cl3N3O3S. The van der Waals surface area contributed by atoms with Gasteiger partial charge in [0.15, 0.2) is 9.84 Å². The minimum absolute atomic E-state index is 0. The van der Waals surface area contributed by atoms with Crippen LogP contribution in [0.1, 0.15) is 0 Å². The zero-order valence-electron chi connectivity index (χ0n) is 11.9. The van der Waals surface area contributed by atoms with Crippen LogP contribution in [0.2, 0.25) is 10.0 Å². The van der Waals surface area contributed by atoms with E-state index in [4.69, 9.17) is 28.9 Å². The van der Waals surface area contributed by atoms with Gasteiger partial charge >= 0.3 is 6.03 Å². The molecule has 0 aromatic heterocycles. The molecule has 6 nitrogen and oxygen atoms in total. The summed E-state index contributed by atoms with van der Waals surface area (Å²) in [5.74, 6) is -0.205. The normalized spacial score (nSPS) is 28.1.